The SMILES string of the molecule is O=C(O)[C@H]1CCCN1C(=O)c1csnn1. The van der Waals surface area contributed by atoms with Crippen LogP contribution in [0.15, 0.2) is 5.38 Å². The molecule has 1 fully saturated rings. The number of aromatic nitrogens is 2. The molecule has 2 heterocycles. The first-order valence-electron chi connectivity index (χ1n) is 4.51. The fraction of sp³-hybridized carbons (Fsp3) is 0.500. The number of hydrogen-bond acceptors (Lipinski definition) is 5. The Kier molecular flexibility index (Phi) is 2.63. The van der Waals surface area contributed by atoms with E-state index in [1.807, 2.05) is 0 Å². The molecule has 1 aliphatic rings. The highest BCUT2D eigenvalue weighted by Crippen LogP contribution is 2.19. The molecule has 0 saturated carbocycles. The molecule has 0 spiro atoms. The standard InChI is InChI=1S/C8H9N3O3S/c12-7(5-4-15-10-9-5)11-3-1-2-6(11)8(13)14/h4,6H,1-3H2,(H,13,14)/t6-/m1/s1. The summed E-state index contributed by atoms with van der Waals surface area (Å²) in [4.78, 5) is 24.0. The molecule has 80 valence electrons. The number of rotatable bonds is 2. The molecule has 1 amide bonds. The third-order valence-corrected chi connectivity index (χ3v) is 2.88. The summed E-state index contributed by atoms with van der Waals surface area (Å²) in [5, 5.41) is 14.1. The number of carbonyl (C=O) groups excluding carboxylic acids is 1. The maximum atomic E-state index is 11.8. The van der Waals surface area contributed by atoms with E-state index in [0.717, 1.165) is 18.0 Å². The van der Waals surface area contributed by atoms with Gasteiger partial charge < -0.3 is 10.0 Å². The topological polar surface area (TPSA) is 83.4 Å². The second kappa shape index (κ2) is 3.93. The number of hydrogen-bond donors (Lipinski definition) is 1. The maximum absolute atomic E-state index is 11.8. The van der Waals surface area contributed by atoms with Crippen LogP contribution < -0.4 is 0 Å². The molecule has 1 aromatic rings. The lowest BCUT2D eigenvalue weighted by Gasteiger charge is -2.19. The van der Waals surface area contributed by atoms with Crippen molar-refractivity contribution in [2.75, 3.05) is 6.54 Å². The van der Waals surface area contributed by atoms with Crippen molar-refractivity contribution >= 4 is 23.4 Å². The second-order valence-electron chi connectivity index (χ2n) is 3.28. The Labute approximate surface area is 89.7 Å². The van der Waals surface area contributed by atoms with Crippen LogP contribution in [0.25, 0.3) is 0 Å². The van der Waals surface area contributed by atoms with E-state index in [-0.39, 0.29) is 11.6 Å². The normalized spacial score (nSPS) is 20.5. The highest BCUT2D eigenvalue weighted by Gasteiger charge is 2.35. The average molecular weight is 227 g/mol. The van der Waals surface area contributed by atoms with E-state index in [1.165, 1.54) is 10.3 Å². The van der Waals surface area contributed by atoms with Crippen LogP contribution in [0, 0.1) is 0 Å². The number of nitrogens with zero attached hydrogens (tertiary/aromatic N) is 3. The van der Waals surface area contributed by atoms with E-state index >= 15 is 0 Å². The minimum absolute atomic E-state index is 0.230. The van der Waals surface area contributed by atoms with Gasteiger partial charge in [-0.15, -0.1) is 5.10 Å². The molecular formula is C8H9N3O3S. The largest absolute Gasteiger partial charge is 0.480 e. The summed E-state index contributed by atoms with van der Waals surface area (Å²) in [6, 6.07) is -0.709. The van der Waals surface area contributed by atoms with E-state index in [1.54, 1.807) is 0 Å². The van der Waals surface area contributed by atoms with E-state index in [9.17, 15) is 9.59 Å². The number of carbonyl (C=O) groups is 2. The first-order chi connectivity index (χ1) is 7.20. The molecule has 0 aliphatic carbocycles. The summed E-state index contributed by atoms with van der Waals surface area (Å²) in [6.45, 7) is 0.479. The fourth-order valence-electron chi connectivity index (χ4n) is 1.67. The number of carboxylic acids is 1. The molecule has 1 aliphatic heterocycles. The van der Waals surface area contributed by atoms with Gasteiger partial charge in [-0.25, -0.2) is 4.79 Å². The van der Waals surface area contributed by atoms with E-state index in [0.29, 0.717) is 13.0 Å². The second-order valence-corrected chi connectivity index (χ2v) is 3.89. The summed E-state index contributed by atoms with van der Waals surface area (Å²) >= 11 is 1.08. The molecule has 1 saturated heterocycles. The lowest BCUT2D eigenvalue weighted by atomic mass is 10.2. The van der Waals surface area contributed by atoms with Gasteiger partial charge in [-0.1, -0.05) is 4.49 Å². The van der Waals surface area contributed by atoms with Crippen LogP contribution in [0.3, 0.4) is 0 Å². The first-order valence-corrected chi connectivity index (χ1v) is 5.34. The summed E-state index contributed by atoms with van der Waals surface area (Å²) in [5.41, 5.74) is 0.230. The van der Waals surface area contributed by atoms with Gasteiger partial charge in [-0.05, 0) is 24.4 Å². The Balaban J connectivity index is 2.17. The number of aliphatic carboxylic acids is 1. The van der Waals surface area contributed by atoms with Crippen molar-refractivity contribution in [2.45, 2.75) is 18.9 Å². The Morgan fingerprint density at radius 2 is 2.40 bits per heavy atom. The maximum Gasteiger partial charge on any atom is 0.326 e. The minimum Gasteiger partial charge on any atom is -0.480 e. The van der Waals surface area contributed by atoms with Crippen molar-refractivity contribution in [3.05, 3.63) is 11.1 Å². The Morgan fingerprint density at radius 3 is 3.00 bits per heavy atom. The zero-order chi connectivity index (χ0) is 10.8. The zero-order valence-corrected chi connectivity index (χ0v) is 8.61. The molecule has 1 aromatic heterocycles. The van der Waals surface area contributed by atoms with Crippen LogP contribution >= 0.6 is 11.5 Å². The zero-order valence-electron chi connectivity index (χ0n) is 7.79. The van der Waals surface area contributed by atoms with Crippen LogP contribution in [0.5, 0.6) is 0 Å². The van der Waals surface area contributed by atoms with E-state index in [4.69, 9.17) is 5.11 Å². The van der Waals surface area contributed by atoms with Gasteiger partial charge in [-0.2, -0.15) is 0 Å². The van der Waals surface area contributed by atoms with Crippen molar-refractivity contribution in [3.63, 3.8) is 0 Å². The van der Waals surface area contributed by atoms with Crippen molar-refractivity contribution < 1.29 is 14.7 Å². The smallest absolute Gasteiger partial charge is 0.326 e. The van der Waals surface area contributed by atoms with E-state index in [2.05, 4.69) is 9.59 Å². The molecule has 0 aromatic carbocycles. The van der Waals surface area contributed by atoms with Crippen LogP contribution in [0.2, 0.25) is 0 Å². The average Bonchev–Trinajstić information content (AvgIpc) is 2.88. The molecule has 2 rings (SSSR count). The quantitative estimate of drug-likeness (QED) is 0.781. The van der Waals surface area contributed by atoms with Crippen LogP contribution in [0.4, 0.5) is 0 Å². The lowest BCUT2D eigenvalue weighted by Crippen LogP contribution is -2.40. The van der Waals surface area contributed by atoms with Crippen molar-refractivity contribution in [2.24, 2.45) is 0 Å². The number of carboxylic acid groups (broad SMARTS) is 1. The summed E-state index contributed by atoms with van der Waals surface area (Å²) < 4.78 is 3.58. The van der Waals surface area contributed by atoms with Gasteiger partial charge in [-0.3, -0.25) is 4.79 Å². The monoisotopic (exact) mass is 227 g/mol. The Bertz CT molecular complexity index is 378. The van der Waals surface area contributed by atoms with Gasteiger partial charge in [0.25, 0.3) is 5.91 Å². The summed E-state index contributed by atoms with van der Waals surface area (Å²) in [5.74, 6) is -1.29. The highest BCUT2D eigenvalue weighted by atomic mass is 32.1. The summed E-state index contributed by atoms with van der Waals surface area (Å²) in [7, 11) is 0. The molecule has 1 atom stereocenters. The lowest BCUT2D eigenvalue weighted by molar-refractivity contribution is -0.141. The summed E-state index contributed by atoms with van der Waals surface area (Å²) in [6.07, 6.45) is 1.24. The van der Waals surface area contributed by atoms with Gasteiger partial charge in [0, 0.05) is 11.9 Å². The highest BCUT2D eigenvalue weighted by molar-refractivity contribution is 7.03. The molecule has 7 heteroatoms. The Hall–Kier alpha value is -1.50. The predicted molar refractivity (Wildman–Crippen MR) is 51.6 cm³/mol. The fourth-order valence-corrected chi connectivity index (χ4v) is 2.10. The molecule has 0 unspecified atom stereocenters. The molecule has 1 N–H and O–H groups in total. The van der Waals surface area contributed by atoms with Gasteiger partial charge in [0.05, 0.1) is 0 Å². The van der Waals surface area contributed by atoms with Crippen LogP contribution in [-0.2, 0) is 4.79 Å². The van der Waals surface area contributed by atoms with E-state index < -0.39 is 12.0 Å². The minimum atomic E-state index is -0.955. The molecular weight excluding hydrogens is 218 g/mol. The van der Waals surface area contributed by atoms with Crippen molar-refractivity contribution in [1.29, 1.82) is 0 Å². The molecule has 15 heavy (non-hydrogen) atoms. The predicted octanol–water partition coefficient (Wildman–Crippen LogP) is 0.227. The number of likely N-dealkylation sites (tertiary alicyclic amines) is 1. The molecule has 0 radical (unpaired) electrons. The van der Waals surface area contributed by atoms with Gasteiger partial charge >= 0.3 is 5.97 Å². The molecule has 0 bridgehead atoms. The number of amides is 1. The first kappa shape index (κ1) is 10.0. The third-order valence-electron chi connectivity index (χ3n) is 2.38. The van der Waals surface area contributed by atoms with Gasteiger partial charge in [0.15, 0.2) is 5.69 Å². The van der Waals surface area contributed by atoms with Gasteiger partial charge in [0.2, 0.25) is 0 Å². The van der Waals surface area contributed by atoms with Gasteiger partial charge in [0.1, 0.15) is 6.04 Å². The van der Waals surface area contributed by atoms with Crippen LogP contribution in [-0.4, -0.2) is 44.1 Å². The van der Waals surface area contributed by atoms with Crippen molar-refractivity contribution in [3.8, 4) is 0 Å². The van der Waals surface area contributed by atoms with Crippen molar-refractivity contribution in [1.82, 2.24) is 14.5 Å². The van der Waals surface area contributed by atoms with Crippen LogP contribution in [0.1, 0.15) is 23.3 Å². The molecule has 6 nitrogen and oxygen atoms in total. The third kappa shape index (κ3) is 1.82. The Morgan fingerprint density at radius 1 is 1.60 bits per heavy atom.